The van der Waals surface area contributed by atoms with Crippen molar-refractivity contribution >= 4 is 17.3 Å². The number of ether oxygens (including phenoxy) is 2. The number of carbonyl (C=O) groups is 1. The third kappa shape index (κ3) is 4.07. The number of amides is 1. The van der Waals surface area contributed by atoms with E-state index >= 15 is 0 Å². The number of hydrogen-bond acceptors (Lipinski definition) is 6. The maximum Gasteiger partial charge on any atom is 0.241 e. The van der Waals surface area contributed by atoms with Gasteiger partial charge in [-0.25, -0.2) is 4.98 Å². The largest absolute Gasteiger partial charge is 0.479 e. The first-order chi connectivity index (χ1) is 9.51. The molecular weight excluding hydrogens is 260 g/mol. The van der Waals surface area contributed by atoms with Crippen molar-refractivity contribution in [1.29, 1.82) is 0 Å². The minimum atomic E-state index is -0.644. The van der Waals surface area contributed by atoms with Gasteiger partial charge in [0.25, 0.3) is 0 Å². The minimum absolute atomic E-state index is 0.295. The average Bonchev–Trinajstić information content (AvgIpc) is 2.44. The van der Waals surface area contributed by atoms with Gasteiger partial charge in [0.05, 0.1) is 18.8 Å². The predicted octanol–water partition coefficient (Wildman–Crippen LogP) is 0.459. The van der Waals surface area contributed by atoms with E-state index in [0.29, 0.717) is 24.6 Å². The number of pyridine rings is 1. The van der Waals surface area contributed by atoms with Crippen molar-refractivity contribution in [2.75, 3.05) is 45.1 Å². The molecule has 1 amide bonds. The monoisotopic (exact) mass is 282 g/mol. The molecule has 0 fully saturated rings. The molecule has 112 valence electrons. The van der Waals surface area contributed by atoms with Crippen LogP contribution in [0.15, 0.2) is 12.3 Å². The molecule has 3 N–H and O–H groups in total. The second kappa shape index (κ2) is 7.66. The number of nitrogens with one attached hydrogen (secondary N) is 1. The average molecular weight is 282 g/mol. The first-order valence-electron chi connectivity index (χ1n) is 6.27. The molecule has 0 spiro atoms. The van der Waals surface area contributed by atoms with Gasteiger partial charge in [-0.1, -0.05) is 0 Å². The van der Waals surface area contributed by atoms with Gasteiger partial charge in [0, 0.05) is 34.0 Å². The van der Waals surface area contributed by atoms with E-state index < -0.39 is 6.04 Å². The second-order valence-corrected chi connectivity index (χ2v) is 4.49. The van der Waals surface area contributed by atoms with Gasteiger partial charge in [-0.3, -0.25) is 4.79 Å². The standard InChI is InChI=1S/C13H22N4O3/c1-17(2)10-5-7-15-13(20-4)11(10)16-12(18)9(14)6-8-19-3/h5,7,9H,6,8,14H2,1-4H3,(H,16,18). The van der Waals surface area contributed by atoms with E-state index in [4.69, 9.17) is 15.2 Å². The van der Waals surface area contributed by atoms with Crippen molar-refractivity contribution in [2.24, 2.45) is 5.73 Å². The van der Waals surface area contributed by atoms with Gasteiger partial charge in [0.15, 0.2) is 0 Å². The second-order valence-electron chi connectivity index (χ2n) is 4.49. The number of methoxy groups -OCH3 is 2. The molecule has 1 aromatic heterocycles. The highest BCUT2D eigenvalue weighted by Gasteiger charge is 2.19. The van der Waals surface area contributed by atoms with Crippen LogP contribution >= 0.6 is 0 Å². The molecule has 1 unspecified atom stereocenters. The van der Waals surface area contributed by atoms with Gasteiger partial charge >= 0.3 is 0 Å². The number of nitrogens with two attached hydrogens (primary N) is 1. The Morgan fingerprint density at radius 2 is 2.20 bits per heavy atom. The topological polar surface area (TPSA) is 89.7 Å². The lowest BCUT2D eigenvalue weighted by molar-refractivity contribution is -0.117. The Morgan fingerprint density at radius 3 is 2.75 bits per heavy atom. The number of nitrogens with zero attached hydrogens (tertiary/aromatic N) is 2. The summed E-state index contributed by atoms with van der Waals surface area (Å²) in [6.45, 7) is 0.430. The van der Waals surface area contributed by atoms with E-state index in [1.165, 1.54) is 7.11 Å². The number of anilines is 2. The Labute approximate surface area is 119 Å². The van der Waals surface area contributed by atoms with Gasteiger partial charge in [-0.05, 0) is 12.5 Å². The van der Waals surface area contributed by atoms with Crippen LogP contribution in [0.2, 0.25) is 0 Å². The highest BCUT2D eigenvalue weighted by atomic mass is 16.5. The fourth-order valence-electron chi connectivity index (χ4n) is 1.67. The molecule has 0 aromatic carbocycles. The van der Waals surface area contributed by atoms with E-state index in [1.807, 2.05) is 19.0 Å². The van der Waals surface area contributed by atoms with Gasteiger partial charge in [-0.15, -0.1) is 0 Å². The molecule has 0 bridgehead atoms. The zero-order chi connectivity index (χ0) is 15.1. The summed E-state index contributed by atoms with van der Waals surface area (Å²) in [4.78, 5) is 18.0. The minimum Gasteiger partial charge on any atom is -0.479 e. The zero-order valence-electron chi connectivity index (χ0n) is 12.3. The first kappa shape index (κ1) is 16.2. The molecule has 1 aromatic rings. The predicted molar refractivity (Wildman–Crippen MR) is 78.2 cm³/mol. The summed E-state index contributed by atoms with van der Waals surface area (Å²) in [5.41, 5.74) is 7.11. The maximum atomic E-state index is 12.1. The SMILES string of the molecule is COCCC(N)C(=O)Nc1c(N(C)C)ccnc1OC. The smallest absolute Gasteiger partial charge is 0.241 e. The van der Waals surface area contributed by atoms with Crippen LogP contribution in [-0.2, 0) is 9.53 Å². The third-order valence-corrected chi connectivity index (χ3v) is 2.79. The molecule has 1 heterocycles. The molecule has 0 radical (unpaired) electrons. The Bertz CT molecular complexity index is 451. The van der Waals surface area contributed by atoms with Crippen molar-refractivity contribution in [3.63, 3.8) is 0 Å². The van der Waals surface area contributed by atoms with Crippen molar-refractivity contribution < 1.29 is 14.3 Å². The Kier molecular flexibility index (Phi) is 6.20. The fourth-order valence-corrected chi connectivity index (χ4v) is 1.67. The number of hydrogen-bond donors (Lipinski definition) is 2. The molecule has 0 saturated heterocycles. The van der Waals surface area contributed by atoms with Crippen LogP contribution in [0, 0.1) is 0 Å². The maximum absolute atomic E-state index is 12.1. The van der Waals surface area contributed by atoms with E-state index in [0.717, 1.165) is 5.69 Å². The lowest BCUT2D eigenvalue weighted by Crippen LogP contribution is -2.37. The number of aromatic nitrogens is 1. The zero-order valence-corrected chi connectivity index (χ0v) is 12.3. The molecule has 0 aliphatic heterocycles. The number of rotatable bonds is 7. The molecular formula is C13H22N4O3. The summed E-state index contributed by atoms with van der Waals surface area (Å²) in [6.07, 6.45) is 2.07. The highest BCUT2D eigenvalue weighted by Crippen LogP contribution is 2.31. The quantitative estimate of drug-likeness (QED) is 0.755. The van der Waals surface area contributed by atoms with Crippen LogP contribution in [-0.4, -0.2) is 51.9 Å². The van der Waals surface area contributed by atoms with Gasteiger partial charge < -0.3 is 25.4 Å². The first-order valence-corrected chi connectivity index (χ1v) is 6.27. The lowest BCUT2D eigenvalue weighted by Gasteiger charge is -2.20. The summed E-state index contributed by atoms with van der Waals surface area (Å²) in [5, 5.41) is 2.77. The van der Waals surface area contributed by atoms with Crippen molar-refractivity contribution in [3.8, 4) is 5.88 Å². The van der Waals surface area contributed by atoms with Gasteiger partial charge in [-0.2, -0.15) is 0 Å². The molecule has 1 atom stereocenters. The summed E-state index contributed by atoms with van der Waals surface area (Å²) < 4.78 is 10.1. The fraction of sp³-hybridized carbons (Fsp3) is 0.538. The van der Waals surface area contributed by atoms with Crippen LogP contribution < -0.4 is 20.7 Å². The Morgan fingerprint density at radius 1 is 1.50 bits per heavy atom. The van der Waals surface area contributed by atoms with Crippen LogP contribution in [0.4, 0.5) is 11.4 Å². The Hall–Kier alpha value is -1.86. The number of carbonyl (C=O) groups excluding carboxylic acids is 1. The van der Waals surface area contributed by atoms with Crippen molar-refractivity contribution in [3.05, 3.63) is 12.3 Å². The van der Waals surface area contributed by atoms with E-state index in [9.17, 15) is 4.79 Å². The molecule has 0 aliphatic carbocycles. The highest BCUT2D eigenvalue weighted by molar-refractivity contribution is 5.98. The van der Waals surface area contributed by atoms with Crippen LogP contribution in [0.3, 0.4) is 0 Å². The summed E-state index contributed by atoms with van der Waals surface area (Å²) in [5.74, 6) is 0.0555. The summed E-state index contributed by atoms with van der Waals surface area (Å²) in [6, 6.07) is 1.15. The van der Waals surface area contributed by atoms with E-state index in [2.05, 4.69) is 10.3 Å². The van der Waals surface area contributed by atoms with E-state index in [-0.39, 0.29) is 5.91 Å². The molecule has 1 rings (SSSR count). The third-order valence-electron chi connectivity index (χ3n) is 2.79. The molecule has 7 heteroatoms. The normalized spacial score (nSPS) is 11.8. The van der Waals surface area contributed by atoms with Crippen LogP contribution in [0.25, 0.3) is 0 Å². The van der Waals surface area contributed by atoms with Crippen molar-refractivity contribution in [1.82, 2.24) is 4.98 Å². The van der Waals surface area contributed by atoms with Crippen LogP contribution in [0.5, 0.6) is 5.88 Å². The molecule has 0 aliphatic rings. The molecule has 0 saturated carbocycles. The van der Waals surface area contributed by atoms with Gasteiger partial charge in [0.1, 0.15) is 5.69 Å². The van der Waals surface area contributed by atoms with Gasteiger partial charge in [0.2, 0.25) is 11.8 Å². The summed E-state index contributed by atoms with van der Waals surface area (Å²) >= 11 is 0. The molecule has 7 nitrogen and oxygen atoms in total. The lowest BCUT2D eigenvalue weighted by atomic mass is 10.2. The van der Waals surface area contributed by atoms with E-state index in [1.54, 1.807) is 19.4 Å². The van der Waals surface area contributed by atoms with Crippen LogP contribution in [0.1, 0.15) is 6.42 Å². The summed E-state index contributed by atoms with van der Waals surface area (Å²) in [7, 11) is 6.81. The molecule has 20 heavy (non-hydrogen) atoms. The van der Waals surface area contributed by atoms with Crippen molar-refractivity contribution in [2.45, 2.75) is 12.5 Å². The Balaban J connectivity index is 2.92.